The van der Waals surface area contributed by atoms with Crippen LogP contribution in [0.3, 0.4) is 0 Å². The molecule has 0 saturated carbocycles. The minimum absolute atomic E-state index is 0.247. The molecule has 1 aromatic rings. The summed E-state index contributed by atoms with van der Waals surface area (Å²) in [5.74, 6) is 0.247. The molecule has 1 fully saturated rings. The zero-order valence-corrected chi connectivity index (χ0v) is 14.3. The molecule has 0 radical (unpaired) electrons. The highest BCUT2D eigenvalue weighted by molar-refractivity contribution is 6.32. The van der Waals surface area contributed by atoms with Crippen LogP contribution in [0.4, 0.5) is 0 Å². The van der Waals surface area contributed by atoms with Gasteiger partial charge in [-0.3, -0.25) is 14.4 Å². The molecule has 0 amide bonds. The van der Waals surface area contributed by atoms with E-state index in [1.165, 1.54) is 19.3 Å². The second kappa shape index (κ2) is 6.49. The van der Waals surface area contributed by atoms with Gasteiger partial charge in [-0.25, -0.2) is 0 Å². The lowest BCUT2D eigenvalue weighted by molar-refractivity contribution is -0.130. The fourth-order valence-electron chi connectivity index (χ4n) is 3.20. The third kappa shape index (κ3) is 3.16. The normalized spacial score (nSPS) is 19.5. The third-order valence-corrected chi connectivity index (χ3v) is 5.42. The van der Waals surface area contributed by atoms with Crippen LogP contribution in [0.5, 0.6) is 0 Å². The highest BCUT2D eigenvalue weighted by Gasteiger charge is 2.38. The van der Waals surface area contributed by atoms with E-state index in [0.717, 1.165) is 30.9 Å². The maximum absolute atomic E-state index is 12.9. The van der Waals surface area contributed by atoms with Gasteiger partial charge in [0.2, 0.25) is 0 Å². The van der Waals surface area contributed by atoms with Gasteiger partial charge in [0.05, 0.1) is 28.4 Å². The maximum atomic E-state index is 12.9. The summed E-state index contributed by atoms with van der Waals surface area (Å²) < 4.78 is 1.74. The van der Waals surface area contributed by atoms with Crippen LogP contribution in [0.15, 0.2) is 0 Å². The molecule has 1 saturated heterocycles. The first-order valence-corrected chi connectivity index (χ1v) is 8.24. The number of carbonyl (C=O) groups is 1. The largest absolute Gasteiger partial charge is 0.297 e. The number of nitrogens with zero attached hydrogens (tertiary/aromatic N) is 3. The van der Waals surface area contributed by atoms with Crippen molar-refractivity contribution < 1.29 is 4.79 Å². The quantitative estimate of drug-likeness (QED) is 0.838. The van der Waals surface area contributed by atoms with E-state index < -0.39 is 0 Å². The lowest BCUT2D eigenvalue weighted by atomic mass is 9.86. The summed E-state index contributed by atoms with van der Waals surface area (Å²) in [5.41, 5.74) is 1.23. The standard InChI is InChI=1S/C16H26ClN3O/c1-5-16(3,20-9-7-6-8-10-20)14(21)11-13-15(17)12(2)18-19(13)4/h5-11H2,1-4H3. The number of aryl methyl sites for hydroxylation is 2. The first-order chi connectivity index (χ1) is 9.90. The number of aromatic nitrogens is 2. The Morgan fingerprint density at radius 3 is 2.43 bits per heavy atom. The van der Waals surface area contributed by atoms with E-state index in [2.05, 4.69) is 23.8 Å². The van der Waals surface area contributed by atoms with Gasteiger partial charge in [0, 0.05) is 7.05 Å². The van der Waals surface area contributed by atoms with Crippen molar-refractivity contribution in [2.75, 3.05) is 13.1 Å². The van der Waals surface area contributed by atoms with Gasteiger partial charge in [-0.2, -0.15) is 5.10 Å². The second-order valence-corrected chi connectivity index (χ2v) is 6.62. The summed E-state index contributed by atoms with van der Waals surface area (Å²) >= 11 is 6.29. The van der Waals surface area contributed by atoms with E-state index in [1.54, 1.807) is 4.68 Å². The molecule has 1 aliphatic heterocycles. The number of piperidine rings is 1. The van der Waals surface area contributed by atoms with Gasteiger partial charge in [0.25, 0.3) is 0 Å². The molecule has 1 unspecified atom stereocenters. The first-order valence-electron chi connectivity index (χ1n) is 7.86. The van der Waals surface area contributed by atoms with Crippen molar-refractivity contribution in [3.05, 3.63) is 16.4 Å². The van der Waals surface area contributed by atoms with Crippen LogP contribution in [0.25, 0.3) is 0 Å². The Kier molecular flexibility index (Phi) is 5.10. The van der Waals surface area contributed by atoms with Crippen molar-refractivity contribution in [2.45, 2.75) is 58.4 Å². The van der Waals surface area contributed by atoms with Gasteiger partial charge >= 0.3 is 0 Å². The average molecular weight is 312 g/mol. The summed E-state index contributed by atoms with van der Waals surface area (Å²) in [5, 5.41) is 4.93. The number of ketones is 1. The summed E-state index contributed by atoms with van der Waals surface area (Å²) in [6.07, 6.45) is 4.84. The first kappa shape index (κ1) is 16.5. The van der Waals surface area contributed by atoms with Crippen LogP contribution >= 0.6 is 11.6 Å². The van der Waals surface area contributed by atoms with Gasteiger partial charge in [-0.1, -0.05) is 24.9 Å². The van der Waals surface area contributed by atoms with E-state index in [0.29, 0.717) is 11.4 Å². The van der Waals surface area contributed by atoms with Crippen LogP contribution in [-0.4, -0.2) is 39.1 Å². The van der Waals surface area contributed by atoms with Crippen molar-refractivity contribution in [3.63, 3.8) is 0 Å². The zero-order valence-electron chi connectivity index (χ0n) is 13.6. The Balaban J connectivity index is 2.19. The van der Waals surface area contributed by atoms with E-state index in [1.807, 2.05) is 14.0 Å². The molecule has 0 bridgehead atoms. The van der Waals surface area contributed by atoms with E-state index in [9.17, 15) is 4.79 Å². The summed E-state index contributed by atoms with van der Waals surface area (Å²) in [4.78, 5) is 15.3. The number of Topliss-reactive ketones (excluding diaryl/α,β-unsaturated/α-hetero) is 1. The predicted molar refractivity (Wildman–Crippen MR) is 85.8 cm³/mol. The predicted octanol–water partition coefficient (Wildman–Crippen LogP) is 3.15. The van der Waals surface area contributed by atoms with Crippen LogP contribution < -0.4 is 0 Å². The molecule has 0 aromatic carbocycles. The number of carbonyl (C=O) groups excluding carboxylic acids is 1. The fourth-order valence-corrected chi connectivity index (χ4v) is 3.43. The molecular formula is C16H26ClN3O. The average Bonchev–Trinajstić information content (AvgIpc) is 2.73. The molecule has 1 aromatic heterocycles. The van der Waals surface area contributed by atoms with Crippen LogP contribution in [0.1, 0.15) is 50.9 Å². The van der Waals surface area contributed by atoms with Crippen LogP contribution in [0.2, 0.25) is 5.02 Å². The molecule has 0 spiro atoms. The van der Waals surface area contributed by atoms with Crippen molar-refractivity contribution in [2.24, 2.45) is 7.05 Å². The highest BCUT2D eigenvalue weighted by Crippen LogP contribution is 2.28. The van der Waals surface area contributed by atoms with Gasteiger partial charge < -0.3 is 0 Å². The monoisotopic (exact) mass is 311 g/mol. The molecule has 1 aliphatic rings. The molecule has 118 valence electrons. The van der Waals surface area contributed by atoms with E-state index >= 15 is 0 Å². The lowest BCUT2D eigenvalue weighted by Crippen LogP contribution is -2.54. The number of hydrogen-bond acceptors (Lipinski definition) is 3. The smallest absolute Gasteiger partial charge is 0.158 e. The lowest BCUT2D eigenvalue weighted by Gasteiger charge is -2.42. The van der Waals surface area contributed by atoms with Gasteiger partial charge in [0.1, 0.15) is 0 Å². The van der Waals surface area contributed by atoms with Crippen molar-refractivity contribution >= 4 is 17.4 Å². The maximum Gasteiger partial charge on any atom is 0.158 e. The fraction of sp³-hybridized carbons (Fsp3) is 0.750. The highest BCUT2D eigenvalue weighted by atomic mass is 35.5. The molecule has 4 nitrogen and oxygen atoms in total. The summed E-state index contributed by atoms with van der Waals surface area (Å²) in [7, 11) is 1.85. The summed E-state index contributed by atoms with van der Waals surface area (Å²) in [6.45, 7) is 8.10. The summed E-state index contributed by atoms with van der Waals surface area (Å²) in [6, 6.07) is 0. The number of halogens is 1. The number of rotatable bonds is 5. The number of hydrogen-bond donors (Lipinski definition) is 0. The molecular weight excluding hydrogens is 286 g/mol. The van der Waals surface area contributed by atoms with E-state index in [4.69, 9.17) is 11.6 Å². The molecule has 5 heteroatoms. The second-order valence-electron chi connectivity index (χ2n) is 6.24. The van der Waals surface area contributed by atoms with Gasteiger partial charge in [-0.15, -0.1) is 0 Å². The van der Waals surface area contributed by atoms with Crippen molar-refractivity contribution in [1.29, 1.82) is 0 Å². The Morgan fingerprint density at radius 2 is 1.95 bits per heavy atom. The number of likely N-dealkylation sites (tertiary alicyclic amines) is 1. The van der Waals surface area contributed by atoms with Crippen molar-refractivity contribution in [1.82, 2.24) is 14.7 Å². The molecule has 2 rings (SSSR count). The minimum Gasteiger partial charge on any atom is -0.297 e. The van der Waals surface area contributed by atoms with Crippen molar-refractivity contribution in [3.8, 4) is 0 Å². The molecule has 0 aliphatic carbocycles. The Bertz CT molecular complexity index is 520. The third-order valence-electron chi connectivity index (χ3n) is 4.93. The molecule has 21 heavy (non-hydrogen) atoms. The van der Waals surface area contributed by atoms with Crippen LogP contribution in [-0.2, 0) is 18.3 Å². The Labute approximate surface area is 132 Å². The van der Waals surface area contributed by atoms with Crippen LogP contribution in [0, 0.1) is 6.92 Å². The van der Waals surface area contributed by atoms with E-state index in [-0.39, 0.29) is 11.3 Å². The topological polar surface area (TPSA) is 38.1 Å². The molecule has 1 atom stereocenters. The van der Waals surface area contributed by atoms with Gasteiger partial charge in [-0.05, 0) is 46.2 Å². The van der Waals surface area contributed by atoms with Gasteiger partial charge in [0.15, 0.2) is 5.78 Å². The zero-order chi connectivity index (χ0) is 15.6. The Morgan fingerprint density at radius 1 is 1.33 bits per heavy atom. The Hall–Kier alpha value is -0.870. The SMILES string of the molecule is CCC(C)(C(=O)Cc1c(Cl)c(C)nn1C)N1CCCCC1. The molecule has 0 N–H and O–H groups in total. The molecule has 2 heterocycles. The minimum atomic E-state index is -0.387.